The molecule has 48 heavy (non-hydrogen) atoms. The maximum absolute atomic E-state index is 14.0. The largest absolute Gasteiger partial charge is 0.311 e. The predicted octanol–water partition coefficient (Wildman–Crippen LogP) is 6.97. The summed E-state index contributed by atoms with van der Waals surface area (Å²) in [5.41, 5.74) is 8.60. The summed E-state index contributed by atoms with van der Waals surface area (Å²) < 4.78 is 2.49. The van der Waals surface area contributed by atoms with Gasteiger partial charge in [0.15, 0.2) is 0 Å². The van der Waals surface area contributed by atoms with Gasteiger partial charge < -0.3 is 19.6 Å². The lowest BCUT2D eigenvalue weighted by Crippen LogP contribution is -2.24. The first-order valence-electron chi connectivity index (χ1n) is 15.5. The zero-order valence-corrected chi connectivity index (χ0v) is 28.6. The van der Waals surface area contributed by atoms with Crippen LogP contribution in [-0.4, -0.2) is 51.8 Å². The Morgan fingerprint density at radius 1 is 0.458 bits per heavy atom. The van der Waals surface area contributed by atoms with E-state index in [2.05, 4.69) is 19.1 Å². The number of likely N-dealkylation sites (N-methyl/N-ethyl adjacent to an activating group) is 4. The first kappa shape index (κ1) is 28.9. The summed E-state index contributed by atoms with van der Waals surface area (Å²) in [6.07, 6.45) is 0. The van der Waals surface area contributed by atoms with E-state index in [9.17, 15) is 19.2 Å². The molecular formula is C38H28N4O4S2. The molecule has 8 nitrogen and oxygen atoms in total. The molecule has 0 unspecified atom stereocenters. The van der Waals surface area contributed by atoms with Crippen molar-refractivity contribution in [1.29, 1.82) is 0 Å². The van der Waals surface area contributed by atoms with Gasteiger partial charge in [-0.3, -0.25) is 19.2 Å². The van der Waals surface area contributed by atoms with E-state index >= 15 is 0 Å². The Bertz CT molecular complexity index is 2450. The number of hydrogen-bond acceptors (Lipinski definition) is 6. The number of anilines is 4. The van der Waals surface area contributed by atoms with E-state index in [4.69, 9.17) is 0 Å². The molecule has 6 heterocycles. The highest BCUT2D eigenvalue weighted by molar-refractivity contribution is 7.29. The second-order valence-corrected chi connectivity index (χ2v) is 15.2. The van der Waals surface area contributed by atoms with Crippen molar-refractivity contribution < 1.29 is 19.2 Å². The van der Waals surface area contributed by atoms with Gasteiger partial charge in [-0.25, -0.2) is 0 Å². The average Bonchev–Trinajstić information content (AvgIpc) is 3.85. The Morgan fingerprint density at radius 2 is 0.896 bits per heavy atom. The lowest BCUT2D eigenvalue weighted by atomic mass is 9.92. The SMILES string of the molecule is Cc1ccc2c(c1)N(C)C(=O)/C2=C1/C(=O)N(C)c2cc3c(cc21)N(C)C(=O)/C3=C1/C(=O)N(C)c2cc(-c3cc4sc(C)cc4s3)ccc21. The number of carbonyl (C=O) groups is 4. The number of rotatable bonds is 1. The van der Waals surface area contributed by atoms with Gasteiger partial charge in [-0.1, -0.05) is 24.3 Å². The van der Waals surface area contributed by atoms with Crippen LogP contribution in [0.15, 0.2) is 60.7 Å². The quantitative estimate of drug-likeness (QED) is 0.181. The fourth-order valence-electron chi connectivity index (χ4n) is 7.47. The molecule has 0 atom stereocenters. The van der Waals surface area contributed by atoms with Gasteiger partial charge in [0, 0.05) is 69.6 Å². The molecule has 4 amide bonds. The average molecular weight is 669 g/mol. The zero-order valence-electron chi connectivity index (χ0n) is 27.0. The Morgan fingerprint density at radius 3 is 1.42 bits per heavy atom. The second kappa shape index (κ2) is 9.62. The number of carbonyl (C=O) groups excluding carboxylic acids is 4. The number of nitrogens with zero attached hydrogens (tertiary/aromatic N) is 4. The van der Waals surface area contributed by atoms with Crippen molar-refractivity contribution in [2.45, 2.75) is 13.8 Å². The number of aryl methyl sites for hydroxylation is 2. The normalized spacial score (nSPS) is 19.8. The topological polar surface area (TPSA) is 81.2 Å². The molecule has 0 bridgehead atoms. The molecule has 4 aliphatic rings. The minimum absolute atomic E-state index is 0.249. The molecule has 0 N–H and O–H groups in total. The molecular weight excluding hydrogens is 641 g/mol. The van der Waals surface area contributed by atoms with Crippen LogP contribution in [0.2, 0.25) is 0 Å². The van der Waals surface area contributed by atoms with Crippen LogP contribution in [0.1, 0.15) is 32.7 Å². The van der Waals surface area contributed by atoms with Crippen molar-refractivity contribution in [3.63, 3.8) is 0 Å². The molecule has 10 heteroatoms. The Balaban J connectivity index is 1.21. The summed E-state index contributed by atoms with van der Waals surface area (Å²) in [7, 11) is 6.81. The smallest absolute Gasteiger partial charge is 0.259 e. The number of benzene rings is 3. The third kappa shape index (κ3) is 3.64. The monoisotopic (exact) mass is 668 g/mol. The Labute approximate surface area is 284 Å². The van der Waals surface area contributed by atoms with Gasteiger partial charge in [0.2, 0.25) is 0 Å². The molecule has 3 aromatic carbocycles. The molecule has 0 saturated heterocycles. The molecule has 0 aliphatic carbocycles. The summed E-state index contributed by atoms with van der Waals surface area (Å²) in [5.74, 6) is -1.09. The highest BCUT2D eigenvalue weighted by Crippen LogP contribution is 2.52. The molecule has 4 aliphatic heterocycles. The van der Waals surface area contributed by atoms with Gasteiger partial charge in [-0.2, -0.15) is 0 Å². The maximum atomic E-state index is 14.0. The summed E-state index contributed by atoms with van der Waals surface area (Å²) in [5, 5.41) is 0. The van der Waals surface area contributed by atoms with Gasteiger partial charge in [-0.05, 0) is 61.4 Å². The molecule has 0 radical (unpaired) electrons. The van der Waals surface area contributed by atoms with Crippen LogP contribution >= 0.6 is 22.7 Å². The third-order valence-corrected chi connectivity index (χ3v) is 12.2. The third-order valence-electron chi connectivity index (χ3n) is 9.98. The van der Waals surface area contributed by atoms with Crippen molar-refractivity contribution in [2.75, 3.05) is 47.8 Å². The van der Waals surface area contributed by atoms with Crippen molar-refractivity contribution in [3.8, 4) is 10.4 Å². The van der Waals surface area contributed by atoms with Crippen LogP contribution in [0.4, 0.5) is 22.7 Å². The van der Waals surface area contributed by atoms with Crippen LogP contribution < -0.4 is 19.6 Å². The Hall–Kier alpha value is -5.32. The van der Waals surface area contributed by atoms with Crippen LogP contribution in [0, 0.1) is 13.8 Å². The number of amides is 4. The second-order valence-electron chi connectivity index (χ2n) is 12.8. The highest BCUT2D eigenvalue weighted by Gasteiger charge is 2.45. The lowest BCUT2D eigenvalue weighted by Gasteiger charge is -2.13. The van der Waals surface area contributed by atoms with Crippen molar-refractivity contribution >= 4 is 101 Å². The number of fused-ring (bicyclic) bond motifs is 5. The van der Waals surface area contributed by atoms with Crippen molar-refractivity contribution in [2.24, 2.45) is 0 Å². The molecule has 0 saturated carbocycles. The number of thiophene rings is 2. The van der Waals surface area contributed by atoms with Crippen LogP contribution in [0.3, 0.4) is 0 Å². The molecule has 236 valence electrons. The van der Waals surface area contributed by atoms with Crippen molar-refractivity contribution in [1.82, 2.24) is 0 Å². The van der Waals surface area contributed by atoms with Crippen LogP contribution in [0.5, 0.6) is 0 Å². The summed E-state index contributed by atoms with van der Waals surface area (Å²) in [6.45, 7) is 4.07. The van der Waals surface area contributed by atoms with E-state index in [-0.39, 0.29) is 23.6 Å². The fourth-order valence-corrected chi connectivity index (χ4v) is 9.78. The first-order valence-corrected chi connectivity index (χ1v) is 17.1. The minimum Gasteiger partial charge on any atom is -0.311 e. The van der Waals surface area contributed by atoms with Gasteiger partial charge in [0.05, 0.1) is 45.0 Å². The van der Waals surface area contributed by atoms with Gasteiger partial charge in [0.25, 0.3) is 23.6 Å². The summed E-state index contributed by atoms with van der Waals surface area (Å²) >= 11 is 3.50. The predicted molar refractivity (Wildman–Crippen MR) is 195 cm³/mol. The molecule has 2 aromatic heterocycles. The molecule has 0 fully saturated rings. The van der Waals surface area contributed by atoms with Gasteiger partial charge in [-0.15, -0.1) is 22.7 Å². The first-order chi connectivity index (χ1) is 22.9. The van der Waals surface area contributed by atoms with Crippen LogP contribution in [-0.2, 0) is 19.2 Å². The van der Waals surface area contributed by atoms with Gasteiger partial charge in [0.1, 0.15) is 0 Å². The van der Waals surface area contributed by atoms with E-state index in [0.717, 1.165) is 27.4 Å². The zero-order chi connectivity index (χ0) is 33.5. The fraction of sp³-hybridized carbons (Fsp3) is 0.158. The summed E-state index contributed by atoms with van der Waals surface area (Å²) in [6, 6.07) is 19.8. The molecule has 5 aromatic rings. The van der Waals surface area contributed by atoms with E-state index < -0.39 is 0 Å². The maximum Gasteiger partial charge on any atom is 0.259 e. The Kier molecular flexibility index (Phi) is 5.78. The van der Waals surface area contributed by atoms with E-state index in [1.165, 1.54) is 24.1 Å². The summed E-state index contributed by atoms with van der Waals surface area (Å²) in [4.78, 5) is 64.2. The molecule has 0 spiro atoms. The number of hydrogen-bond donors (Lipinski definition) is 0. The van der Waals surface area contributed by atoms with Crippen molar-refractivity contribution in [3.05, 3.63) is 93.4 Å². The van der Waals surface area contributed by atoms with Crippen LogP contribution in [0.25, 0.3) is 42.1 Å². The highest BCUT2D eigenvalue weighted by atomic mass is 32.1. The van der Waals surface area contributed by atoms with E-state index in [1.54, 1.807) is 60.7 Å². The van der Waals surface area contributed by atoms with E-state index in [0.29, 0.717) is 55.9 Å². The minimum atomic E-state index is -0.295. The van der Waals surface area contributed by atoms with Gasteiger partial charge >= 0.3 is 0 Å². The lowest BCUT2D eigenvalue weighted by molar-refractivity contribution is -0.114. The van der Waals surface area contributed by atoms with E-state index in [1.807, 2.05) is 55.5 Å². The standard InChI is InChI=1S/C38H28N4O4S2/c1-17-7-9-20-24(11-17)39(3)35(43)31(20)33-22-14-27-23(15-26(22)41(5)37(33)45)34(38(46)42(27)6)32-21-10-8-19(13-25(21)40(4)36(32)44)28-16-30-29(48-28)12-18(2)47-30/h7-16H,1-6H3/b33-31+,34-32+. The molecule has 9 rings (SSSR count).